The molecule has 1 saturated heterocycles. The fourth-order valence-electron chi connectivity index (χ4n) is 3.70. The second-order valence-electron chi connectivity index (χ2n) is 6.98. The van der Waals surface area contributed by atoms with E-state index in [4.69, 9.17) is 15.6 Å². The Morgan fingerprint density at radius 3 is 3.03 bits per heavy atom. The van der Waals surface area contributed by atoms with E-state index in [-0.39, 0.29) is 12.1 Å². The van der Waals surface area contributed by atoms with Crippen molar-refractivity contribution >= 4 is 27.9 Å². The highest BCUT2D eigenvalue weighted by molar-refractivity contribution is 5.90. The molecule has 4 aromatic rings. The van der Waals surface area contributed by atoms with Gasteiger partial charge in [-0.15, -0.1) is 0 Å². The van der Waals surface area contributed by atoms with E-state index < -0.39 is 0 Å². The number of aromatic amines is 1. The average molecular weight is 389 g/mol. The van der Waals surface area contributed by atoms with Gasteiger partial charge in [-0.2, -0.15) is 20.5 Å². The first kappa shape index (κ1) is 17.5. The van der Waals surface area contributed by atoms with Crippen molar-refractivity contribution in [2.75, 3.05) is 26.0 Å². The minimum Gasteiger partial charge on any atom is -0.383 e. The monoisotopic (exact) mass is 389 g/mol. The zero-order chi connectivity index (χ0) is 19.8. The summed E-state index contributed by atoms with van der Waals surface area (Å²) in [6.07, 6.45) is 2.35. The van der Waals surface area contributed by atoms with Crippen molar-refractivity contribution in [2.24, 2.45) is 0 Å². The van der Waals surface area contributed by atoms with Crippen LogP contribution in [0, 0.1) is 11.8 Å². The van der Waals surface area contributed by atoms with Crippen molar-refractivity contribution in [3.63, 3.8) is 0 Å². The van der Waals surface area contributed by atoms with Crippen molar-refractivity contribution < 1.29 is 4.74 Å². The number of nitrogens with zero attached hydrogens (tertiary/aromatic N) is 6. The van der Waals surface area contributed by atoms with E-state index in [0.717, 1.165) is 29.6 Å². The molecule has 29 heavy (non-hydrogen) atoms. The fraction of sp³-hybridized carbons (Fsp3) is 0.316. The Morgan fingerprint density at radius 1 is 1.24 bits per heavy atom. The maximum atomic E-state index is 6.14. The van der Waals surface area contributed by atoms with E-state index >= 15 is 0 Å². The van der Waals surface area contributed by atoms with E-state index in [1.54, 1.807) is 7.11 Å². The van der Waals surface area contributed by atoms with Crippen molar-refractivity contribution in [3.05, 3.63) is 35.8 Å². The molecule has 0 radical (unpaired) electrons. The number of H-pyrrole nitrogens is 1. The van der Waals surface area contributed by atoms with E-state index in [1.807, 2.05) is 22.9 Å². The summed E-state index contributed by atoms with van der Waals surface area (Å²) in [6.45, 7) is 1.44. The molecule has 146 valence electrons. The molecule has 1 unspecified atom stereocenters. The molecule has 4 heterocycles. The minimum atomic E-state index is 0.147. The van der Waals surface area contributed by atoms with Crippen LogP contribution in [0.25, 0.3) is 22.1 Å². The number of fused-ring (bicyclic) bond motifs is 2. The number of nitrogens with two attached hydrogens (primary N) is 1. The average Bonchev–Trinajstić information content (AvgIpc) is 3.45. The zero-order valence-electron chi connectivity index (χ0n) is 15.8. The number of hydrogen-bond acceptors (Lipinski definition) is 8. The highest BCUT2D eigenvalue weighted by atomic mass is 16.5. The molecule has 0 amide bonds. The van der Waals surface area contributed by atoms with Gasteiger partial charge >= 0.3 is 0 Å². The smallest absolute Gasteiger partial charge is 0.164 e. The normalized spacial score (nSPS) is 18.9. The van der Waals surface area contributed by atoms with Gasteiger partial charge in [-0.25, -0.2) is 14.6 Å². The van der Waals surface area contributed by atoms with Crippen LogP contribution in [-0.4, -0.2) is 61.5 Å². The lowest BCUT2D eigenvalue weighted by molar-refractivity contribution is 0.172. The fourth-order valence-corrected chi connectivity index (χ4v) is 3.70. The molecular weight excluding hydrogens is 370 g/mol. The minimum absolute atomic E-state index is 0.147. The number of methoxy groups -OCH3 is 1. The number of aromatic nitrogens is 7. The van der Waals surface area contributed by atoms with Crippen LogP contribution in [0.15, 0.2) is 24.5 Å². The van der Waals surface area contributed by atoms with Gasteiger partial charge in [0, 0.05) is 25.3 Å². The first-order valence-electron chi connectivity index (χ1n) is 9.26. The molecule has 0 bridgehead atoms. The van der Waals surface area contributed by atoms with E-state index in [0.29, 0.717) is 29.2 Å². The number of nitrogen functional groups attached to an aromatic ring is 1. The SMILES string of the molecule is COC[C@H]1CC(n2nc(C#Cc3ccc4n[nH]nc4c3)c3c(N)ncnc32)CN1. The molecule has 1 aliphatic rings. The number of rotatable bonds is 3. The highest BCUT2D eigenvalue weighted by Crippen LogP contribution is 2.27. The van der Waals surface area contributed by atoms with Crippen molar-refractivity contribution in [2.45, 2.75) is 18.5 Å². The Hall–Kier alpha value is -3.55. The van der Waals surface area contributed by atoms with E-state index in [1.165, 1.54) is 6.33 Å². The Kier molecular flexibility index (Phi) is 4.31. The molecule has 4 N–H and O–H groups in total. The lowest BCUT2D eigenvalue weighted by Crippen LogP contribution is -2.25. The third-order valence-electron chi connectivity index (χ3n) is 5.07. The van der Waals surface area contributed by atoms with Gasteiger partial charge in [-0.1, -0.05) is 5.92 Å². The van der Waals surface area contributed by atoms with Crippen LogP contribution >= 0.6 is 0 Å². The van der Waals surface area contributed by atoms with Gasteiger partial charge in [0.05, 0.1) is 18.0 Å². The summed E-state index contributed by atoms with van der Waals surface area (Å²) in [7, 11) is 1.70. The van der Waals surface area contributed by atoms with Gasteiger partial charge in [0.1, 0.15) is 28.9 Å². The van der Waals surface area contributed by atoms with Gasteiger partial charge in [0.25, 0.3) is 0 Å². The van der Waals surface area contributed by atoms with Crippen molar-refractivity contribution in [1.29, 1.82) is 0 Å². The second-order valence-corrected chi connectivity index (χ2v) is 6.98. The molecular formula is C19H19N9O. The molecule has 2 atom stereocenters. The molecule has 0 saturated carbocycles. The van der Waals surface area contributed by atoms with Gasteiger partial charge < -0.3 is 15.8 Å². The molecule has 0 aliphatic carbocycles. The molecule has 3 aromatic heterocycles. The number of hydrogen-bond donors (Lipinski definition) is 3. The topological polar surface area (TPSA) is 132 Å². The Bertz CT molecular complexity index is 1250. The maximum Gasteiger partial charge on any atom is 0.164 e. The van der Waals surface area contributed by atoms with Crippen LogP contribution < -0.4 is 11.1 Å². The van der Waals surface area contributed by atoms with Crippen LogP contribution in [0.2, 0.25) is 0 Å². The first-order valence-corrected chi connectivity index (χ1v) is 9.26. The number of nitrogens with one attached hydrogen (secondary N) is 2. The van der Waals surface area contributed by atoms with Gasteiger partial charge in [0.2, 0.25) is 0 Å². The number of anilines is 1. The highest BCUT2D eigenvalue weighted by Gasteiger charge is 2.28. The van der Waals surface area contributed by atoms with Crippen LogP contribution in [0.1, 0.15) is 23.7 Å². The summed E-state index contributed by atoms with van der Waals surface area (Å²) in [6, 6.07) is 6.08. The quantitative estimate of drug-likeness (QED) is 0.435. The summed E-state index contributed by atoms with van der Waals surface area (Å²) in [5.74, 6) is 6.65. The molecule has 5 rings (SSSR count). The van der Waals surface area contributed by atoms with E-state index in [9.17, 15) is 0 Å². The summed E-state index contributed by atoms with van der Waals surface area (Å²) >= 11 is 0. The van der Waals surface area contributed by atoms with Crippen LogP contribution in [0.4, 0.5) is 5.82 Å². The third kappa shape index (κ3) is 3.16. The van der Waals surface area contributed by atoms with Crippen LogP contribution in [0.3, 0.4) is 0 Å². The van der Waals surface area contributed by atoms with Crippen LogP contribution in [-0.2, 0) is 4.74 Å². The molecule has 1 fully saturated rings. The Morgan fingerprint density at radius 2 is 2.14 bits per heavy atom. The lowest BCUT2D eigenvalue weighted by atomic mass is 10.2. The van der Waals surface area contributed by atoms with Crippen molar-refractivity contribution in [1.82, 2.24) is 40.5 Å². The maximum absolute atomic E-state index is 6.14. The van der Waals surface area contributed by atoms with Gasteiger partial charge in [0.15, 0.2) is 5.65 Å². The summed E-state index contributed by atoms with van der Waals surface area (Å²) < 4.78 is 7.17. The Labute approximate surface area is 165 Å². The second kappa shape index (κ2) is 7.12. The third-order valence-corrected chi connectivity index (χ3v) is 5.07. The molecule has 10 heteroatoms. The number of benzene rings is 1. The lowest BCUT2D eigenvalue weighted by Gasteiger charge is -2.10. The molecule has 10 nitrogen and oxygen atoms in total. The predicted molar refractivity (Wildman–Crippen MR) is 107 cm³/mol. The molecule has 1 aliphatic heterocycles. The Balaban J connectivity index is 1.54. The zero-order valence-corrected chi connectivity index (χ0v) is 15.8. The van der Waals surface area contributed by atoms with Gasteiger partial charge in [-0.05, 0) is 30.5 Å². The summed E-state index contributed by atoms with van der Waals surface area (Å²) in [5, 5.41) is 19.6. The predicted octanol–water partition coefficient (Wildman–Crippen LogP) is 0.629. The van der Waals surface area contributed by atoms with Crippen LogP contribution in [0.5, 0.6) is 0 Å². The summed E-state index contributed by atoms with van der Waals surface area (Å²) in [5.41, 5.74) is 9.77. The summed E-state index contributed by atoms with van der Waals surface area (Å²) in [4.78, 5) is 8.56. The largest absolute Gasteiger partial charge is 0.383 e. The van der Waals surface area contributed by atoms with E-state index in [2.05, 4.69) is 42.5 Å². The first-order chi connectivity index (χ1) is 14.2. The van der Waals surface area contributed by atoms with Gasteiger partial charge in [-0.3, -0.25) is 0 Å². The number of ether oxygens (including phenoxy) is 1. The van der Waals surface area contributed by atoms with Crippen molar-refractivity contribution in [3.8, 4) is 11.8 Å². The standard InChI is InChI=1S/C19H19N9O/c1-29-9-12-7-13(8-21-12)28-19-17(18(20)22-10-23-19)15(26-28)5-3-11-2-4-14-16(6-11)25-27-24-14/h2,4,6,10,12-13,21H,7-9H2,1H3,(H2,20,22,23)(H,24,25,27)/t12-,13?/m1/s1. The molecule has 0 spiro atoms. The molecule has 1 aromatic carbocycles.